The van der Waals surface area contributed by atoms with E-state index >= 15 is 0 Å². The van der Waals surface area contributed by atoms with Gasteiger partial charge in [0.25, 0.3) is 11.8 Å². The van der Waals surface area contributed by atoms with Gasteiger partial charge in [-0.15, -0.1) is 0 Å². The number of hydrazine groups is 1. The van der Waals surface area contributed by atoms with Crippen molar-refractivity contribution in [3.05, 3.63) is 59.2 Å². The molecule has 0 aliphatic carbocycles. The van der Waals surface area contributed by atoms with E-state index in [1.165, 1.54) is 6.08 Å². The summed E-state index contributed by atoms with van der Waals surface area (Å²) < 4.78 is 16.0. The maximum absolute atomic E-state index is 11.8. The van der Waals surface area contributed by atoms with Crippen molar-refractivity contribution in [3.8, 4) is 17.2 Å². The number of hydrogen-bond donors (Lipinski definition) is 2. The molecule has 3 rings (SSSR count). The summed E-state index contributed by atoms with van der Waals surface area (Å²) in [6.45, 7) is 3.81. The Morgan fingerprint density at radius 1 is 1.07 bits per heavy atom. The van der Waals surface area contributed by atoms with E-state index < -0.39 is 11.8 Å². The van der Waals surface area contributed by atoms with E-state index in [2.05, 4.69) is 10.9 Å². The smallest absolute Gasteiger partial charge is 0.276 e. The molecule has 1 aliphatic heterocycles. The molecule has 140 valence electrons. The second kappa shape index (κ2) is 8.27. The monoisotopic (exact) mass is 368 g/mol. The molecule has 2 amide bonds. The van der Waals surface area contributed by atoms with Crippen LogP contribution in [0.1, 0.15) is 16.7 Å². The average molecular weight is 368 g/mol. The number of fused-ring (bicyclic) bond motifs is 1. The van der Waals surface area contributed by atoms with Crippen molar-refractivity contribution in [2.75, 3.05) is 13.4 Å². The highest BCUT2D eigenvalue weighted by atomic mass is 16.7. The Hall–Kier alpha value is -3.48. The second-order valence-corrected chi connectivity index (χ2v) is 5.99. The standard InChI is InChI=1S/C20H20N2O5/c1-13-4-3-5-14(2)20(13)25-11-19(24)22-21-18(23)9-7-15-6-8-16-17(10-15)27-12-26-16/h3-10H,11-12H2,1-2H3,(H,21,23)(H,22,24)/b9-7+. The molecule has 2 aromatic rings. The predicted molar refractivity (Wildman–Crippen MR) is 99.3 cm³/mol. The van der Waals surface area contributed by atoms with Crippen molar-refractivity contribution < 1.29 is 23.8 Å². The molecule has 7 heteroatoms. The molecule has 0 saturated carbocycles. The summed E-state index contributed by atoms with van der Waals surface area (Å²) in [6.07, 6.45) is 2.92. The summed E-state index contributed by atoms with van der Waals surface area (Å²) >= 11 is 0. The minimum Gasteiger partial charge on any atom is -0.483 e. The van der Waals surface area contributed by atoms with Crippen molar-refractivity contribution in [1.29, 1.82) is 0 Å². The Kier molecular flexibility index (Phi) is 5.61. The average Bonchev–Trinajstić information content (AvgIpc) is 3.12. The molecule has 0 bridgehead atoms. The van der Waals surface area contributed by atoms with Crippen LogP contribution >= 0.6 is 0 Å². The lowest BCUT2D eigenvalue weighted by atomic mass is 10.1. The van der Waals surface area contributed by atoms with Crippen molar-refractivity contribution in [3.63, 3.8) is 0 Å². The van der Waals surface area contributed by atoms with Crippen LogP contribution < -0.4 is 25.1 Å². The van der Waals surface area contributed by atoms with Gasteiger partial charge in [0, 0.05) is 6.08 Å². The first kappa shape index (κ1) is 18.3. The van der Waals surface area contributed by atoms with Crippen LogP contribution in [0.25, 0.3) is 6.08 Å². The zero-order chi connectivity index (χ0) is 19.2. The summed E-state index contributed by atoms with van der Waals surface area (Å²) in [7, 11) is 0. The van der Waals surface area contributed by atoms with Crippen LogP contribution in [0.5, 0.6) is 17.2 Å². The van der Waals surface area contributed by atoms with Crippen LogP contribution in [0.4, 0.5) is 0 Å². The molecule has 0 radical (unpaired) electrons. The van der Waals surface area contributed by atoms with Gasteiger partial charge in [-0.1, -0.05) is 24.3 Å². The Morgan fingerprint density at radius 3 is 2.59 bits per heavy atom. The molecule has 0 atom stereocenters. The minimum atomic E-state index is -0.465. The molecule has 1 aliphatic rings. The fourth-order valence-corrected chi connectivity index (χ4v) is 2.56. The third kappa shape index (κ3) is 4.78. The molecular weight excluding hydrogens is 348 g/mol. The zero-order valence-corrected chi connectivity index (χ0v) is 15.1. The summed E-state index contributed by atoms with van der Waals surface area (Å²) in [5.41, 5.74) is 7.28. The molecule has 0 spiro atoms. The van der Waals surface area contributed by atoms with Crippen molar-refractivity contribution in [2.24, 2.45) is 0 Å². The Balaban J connectivity index is 1.45. The number of carbonyl (C=O) groups excluding carboxylic acids is 2. The van der Waals surface area contributed by atoms with Gasteiger partial charge in [-0.3, -0.25) is 20.4 Å². The molecule has 0 fully saturated rings. The molecular formula is C20H20N2O5. The maximum Gasteiger partial charge on any atom is 0.276 e. The van der Waals surface area contributed by atoms with Crippen LogP contribution in [0.3, 0.4) is 0 Å². The lowest BCUT2D eigenvalue weighted by Crippen LogP contribution is -2.43. The summed E-state index contributed by atoms with van der Waals surface area (Å²) in [5, 5.41) is 0. The van der Waals surface area contributed by atoms with E-state index in [0.29, 0.717) is 17.2 Å². The number of amides is 2. The van der Waals surface area contributed by atoms with Gasteiger partial charge < -0.3 is 14.2 Å². The third-order valence-corrected chi connectivity index (χ3v) is 3.91. The number of rotatable bonds is 5. The Morgan fingerprint density at radius 2 is 1.81 bits per heavy atom. The lowest BCUT2D eigenvalue weighted by molar-refractivity contribution is -0.128. The van der Waals surface area contributed by atoms with Crippen LogP contribution in [0.2, 0.25) is 0 Å². The number of benzene rings is 2. The number of para-hydroxylation sites is 1. The first-order valence-corrected chi connectivity index (χ1v) is 8.38. The second-order valence-electron chi connectivity index (χ2n) is 5.99. The summed E-state index contributed by atoms with van der Waals surface area (Å²) in [4.78, 5) is 23.7. The van der Waals surface area contributed by atoms with Crippen LogP contribution in [0, 0.1) is 13.8 Å². The molecule has 0 unspecified atom stereocenters. The summed E-state index contributed by atoms with van der Waals surface area (Å²) in [6, 6.07) is 11.1. The number of ether oxygens (including phenoxy) is 3. The van der Waals surface area contributed by atoms with Gasteiger partial charge in [0.1, 0.15) is 5.75 Å². The highest BCUT2D eigenvalue weighted by molar-refractivity contribution is 5.93. The Labute approximate surface area is 156 Å². The normalized spacial score (nSPS) is 12.1. The highest BCUT2D eigenvalue weighted by Crippen LogP contribution is 2.32. The van der Waals surface area contributed by atoms with Gasteiger partial charge in [0.2, 0.25) is 6.79 Å². The first-order chi connectivity index (χ1) is 13.0. The van der Waals surface area contributed by atoms with Gasteiger partial charge in [-0.2, -0.15) is 0 Å². The molecule has 1 heterocycles. The topological polar surface area (TPSA) is 85.9 Å². The van der Waals surface area contributed by atoms with Gasteiger partial charge >= 0.3 is 0 Å². The lowest BCUT2D eigenvalue weighted by Gasteiger charge is -2.11. The van der Waals surface area contributed by atoms with Crippen molar-refractivity contribution in [1.82, 2.24) is 10.9 Å². The van der Waals surface area contributed by atoms with Crippen LogP contribution in [-0.4, -0.2) is 25.2 Å². The molecule has 27 heavy (non-hydrogen) atoms. The highest BCUT2D eigenvalue weighted by Gasteiger charge is 2.12. The summed E-state index contributed by atoms with van der Waals surface area (Å²) in [5.74, 6) is 1.06. The third-order valence-electron chi connectivity index (χ3n) is 3.91. The molecule has 0 aromatic heterocycles. The van der Waals surface area contributed by atoms with Crippen molar-refractivity contribution >= 4 is 17.9 Å². The van der Waals surface area contributed by atoms with Crippen LogP contribution in [0.15, 0.2) is 42.5 Å². The fraction of sp³-hybridized carbons (Fsp3) is 0.200. The molecule has 2 aromatic carbocycles. The molecule has 0 saturated heterocycles. The van der Waals surface area contributed by atoms with E-state index in [4.69, 9.17) is 14.2 Å². The zero-order valence-electron chi connectivity index (χ0n) is 15.1. The maximum atomic E-state index is 11.8. The quantitative estimate of drug-likeness (QED) is 0.625. The molecule has 2 N–H and O–H groups in total. The number of nitrogens with one attached hydrogen (secondary N) is 2. The van der Waals surface area contributed by atoms with E-state index in [1.807, 2.05) is 32.0 Å². The number of carbonyl (C=O) groups is 2. The van der Waals surface area contributed by atoms with Gasteiger partial charge in [0.05, 0.1) is 0 Å². The SMILES string of the molecule is Cc1cccc(C)c1OCC(=O)NNC(=O)/C=C/c1ccc2c(c1)OCO2. The van der Waals surface area contributed by atoms with E-state index in [1.54, 1.807) is 24.3 Å². The minimum absolute atomic E-state index is 0.194. The number of aryl methyl sites for hydroxylation is 2. The Bertz CT molecular complexity index is 872. The van der Waals surface area contributed by atoms with Gasteiger partial charge in [-0.25, -0.2) is 0 Å². The number of hydrogen-bond acceptors (Lipinski definition) is 5. The van der Waals surface area contributed by atoms with E-state index in [-0.39, 0.29) is 13.4 Å². The van der Waals surface area contributed by atoms with Gasteiger partial charge in [-0.05, 0) is 48.7 Å². The predicted octanol–water partition coefficient (Wildman–Crippen LogP) is 2.27. The molecule has 7 nitrogen and oxygen atoms in total. The van der Waals surface area contributed by atoms with E-state index in [0.717, 1.165) is 16.7 Å². The van der Waals surface area contributed by atoms with Crippen LogP contribution in [-0.2, 0) is 9.59 Å². The largest absolute Gasteiger partial charge is 0.483 e. The van der Waals surface area contributed by atoms with Crippen molar-refractivity contribution in [2.45, 2.75) is 13.8 Å². The fourth-order valence-electron chi connectivity index (χ4n) is 2.56. The van der Waals surface area contributed by atoms with Gasteiger partial charge in [0.15, 0.2) is 18.1 Å². The van der Waals surface area contributed by atoms with E-state index in [9.17, 15) is 9.59 Å². The first-order valence-electron chi connectivity index (χ1n) is 8.38.